The summed E-state index contributed by atoms with van der Waals surface area (Å²) < 4.78 is 13.8. The molecule has 6 heteroatoms. The summed E-state index contributed by atoms with van der Waals surface area (Å²) in [5, 5.41) is 11.2. The lowest BCUT2D eigenvalue weighted by Gasteiger charge is -2.04. The maximum Gasteiger partial charge on any atom is 0.255 e. The molecule has 0 aliphatic rings. The van der Waals surface area contributed by atoms with Crippen molar-refractivity contribution in [3.63, 3.8) is 0 Å². The van der Waals surface area contributed by atoms with Crippen LogP contribution in [0, 0.1) is 17.7 Å². The van der Waals surface area contributed by atoms with Gasteiger partial charge in [-0.1, -0.05) is 11.8 Å². The Kier molecular flexibility index (Phi) is 4.96. The average Bonchev–Trinajstić information content (AvgIpc) is 2.50. The number of aromatic nitrogens is 2. The minimum absolute atomic E-state index is 0.0751. The zero-order chi connectivity index (χ0) is 15.1. The van der Waals surface area contributed by atoms with Crippen molar-refractivity contribution < 1.29 is 14.3 Å². The van der Waals surface area contributed by atoms with Gasteiger partial charge in [-0.2, -0.15) is 0 Å². The summed E-state index contributed by atoms with van der Waals surface area (Å²) in [6.45, 7) is -0.0751. The van der Waals surface area contributed by atoms with Gasteiger partial charge < -0.3 is 10.4 Å². The quantitative estimate of drug-likeness (QED) is 0.840. The van der Waals surface area contributed by atoms with Crippen LogP contribution in [0.15, 0.2) is 36.9 Å². The number of carbonyl (C=O) groups excluding carboxylic acids is 1. The Balaban J connectivity index is 2.13. The first-order chi connectivity index (χ1) is 10.2. The summed E-state index contributed by atoms with van der Waals surface area (Å²) in [6, 6.07) is 4.02. The molecule has 5 nitrogen and oxygen atoms in total. The topological polar surface area (TPSA) is 75.1 Å². The summed E-state index contributed by atoms with van der Waals surface area (Å²) in [5.74, 6) is 4.17. The van der Waals surface area contributed by atoms with Crippen molar-refractivity contribution in [2.45, 2.75) is 6.42 Å². The normalized spacial score (nSPS) is 9.62. The van der Waals surface area contributed by atoms with Gasteiger partial charge in [-0.3, -0.25) is 4.79 Å². The van der Waals surface area contributed by atoms with E-state index in [1.54, 1.807) is 0 Å². The maximum absolute atomic E-state index is 13.8. The molecule has 0 radical (unpaired) electrons. The van der Waals surface area contributed by atoms with E-state index >= 15 is 0 Å². The van der Waals surface area contributed by atoms with Crippen molar-refractivity contribution in [3.8, 4) is 11.8 Å². The summed E-state index contributed by atoms with van der Waals surface area (Å²) >= 11 is 0. The third kappa shape index (κ3) is 4.09. The molecule has 0 spiro atoms. The van der Waals surface area contributed by atoms with Crippen molar-refractivity contribution in [2.75, 3.05) is 11.9 Å². The number of hydrogen-bond donors (Lipinski definition) is 2. The number of nitrogens with zero attached hydrogens (tertiary/aromatic N) is 2. The highest BCUT2D eigenvalue weighted by molar-refractivity contribution is 6.04. The van der Waals surface area contributed by atoms with E-state index in [0.717, 1.165) is 6.07 Å². The molecule has 0 fully saturated rings. The predicted molar refractivity (Wildman–Crippen MR) is 75.0 cm³/mol. The third-order valence-corrected chi connectivity index (χ3v) is 2.51. The summed E-state index contributed by atoms with van der Waals surface area (Å²) in [5.41, 5.74) is 0.779. The molecular weight excluding hydrogens is 273 g/mol. The van der Waals surface area contributed by atoms with Crippen LogP contribution < -0.4 is 5.32 Å². The van der Waals surface area contributed by atoms with Gasteiger partial charge in [-0.25, -0.2) is 14.4 Å². The second-order valence-corrected chi connectivity index (χ2v) is 4.05. The standard InChI is InChI=1S/C15H12FN3O2/c16-14-7-12(5-4-11(14)3-1-2-6-20)15(21)19-13-8-17-10-18-9-13/h4-5,7-10,20H,2,6H2,(H,19,21). The molecule has 0 saturated carbocycles. The van der Waals surface area contributed by atoms with Crippen LogP contribution in [0.5, 0.6) is 0 Å². The van der Waals surface area contributed by atoms with E-state index in [2.05, 4.69) is 27.1 Å². The van der Waals surface area contributed by atoms with Crippen molar-refractivity contribution in [1.82, 2.24) is 9.97 Å². The van der Waals surface area contributed by atoms with Gasteiger partial charge in [0.2, 0.25) is 0 Å². The number of rotatable bonds is 3. The lowest BCUT2D eigenvalue weighted by molar-refractivity contribution is 0.102. The van der Waals surface area contributed by atoms with Gasteiger partial charge in [-0.15, -0.1) is 0 Å². The largest absolute Gasteiger partial charge is 0.395 e. The van der Waals surface area contributed by atoms with Crippen LogP contribution in [0.25, 0.3) is 0 Å². The molecule has 1 aromatic heterocycles. The fourth-order valence-electron chi connectivity index (χ4n) is 1.54. The SMILES string of the molecule is O=C(Nc1cncnc1)c1ccc(C#CCCO)c(F)c1. The van der Waals surface area contributed by atoms with Gasteiger partial charge in [0.1, 0.15) is 12.1 Å². The highest BCUT2D eigenvalue weighted by atomic mass is 19.1. The Labute approximate surface area is 120 Å². The molecule has 1 amide bonds. The zero-order valence-electron chi connectivity index (χ0n) is 11.0. The second kappa shape index (κ2) is 7.12. The molecular formula is C15H12FN3O2. The Morgan fingerprint density at radius 1 is 1.33 bits per heavy atom. The molecule has 0 bridgehead atoms. The molecule has 0 saturated heterocycles. The Morgan fingerprint density at radius 2 is 2.10 bits per heavy atom. The number of aliphatic hydroxyl groups is 1. The van der Waals surface area contributed by atoms with Crippen LogP contribution in [0.3, 0.4) is 0 Å². The van der Waals surface area contributed by atoms with Crippen molar-refractivity contribution >= 4 is 11.6 Å². The molecule has 106 valence electrons. The Hall–Kier alpha value is -2.78. The lowest BCUT2D eigenvalue weighted by atomic mass is 10.1. The van der Waals surface area contributed by atoms with E-state index < -0.39 is 11.7 Å². The van der Waals surface area contributed by atoms with Gasteiger partial charge in [-0.05, 0) is 18.2 Å². The number of nitrogens with one attached hydrogen (secondary N) is 1. The molecule has 1 heterocycles. The van der Waals surface area contributed by atoms with Gasteiger partial charge in [0.25, 0.3) is 5.91 Å². The van der Waals surface area contributed by atoms with E-state index in [1.165, 1.54) is 30.9 Å². The van der Waals surface area contributed by atoms with Crippen molar-refractivity contribution in [3.05, 3.63) is 53.9 Å². The van der Waals surface area contributed by atoms with Crippen LogP contribution in [0.4, 0.5) is 10.1 Å². The zero-order valence-corrected chi connectivity index (χ0v) is 11.0. The van der Waals surface area contributed by atoms with E-state index in [1.807, 2.05) is 0 Å². The molecule has 2 N–H and O–H groups in total. The predicted octanol–water partition coefficient (Wildman–Crippen LogP) is 1.60. The van der Waals surface area contributed by atoms with E-state index in [-0.39, 0.29) is 24.2 Å². The smallest absolute Gasteiger partial charge is 0.255 e. The highest BCUT2D eigenvalue weighted by Crippen LogP contribution is 2.11. The van der Waals surface area contributed by atoms with E-state index in [4.69, 9.17) is 5.11 Å². The van der Waals surface area contributed by atoms with Crippen LogP contribution >= 0.6 is 0 Å². The molecule has 0 unspecified atom stereocenters. The number of hydrogen-bond acceptors (Lipinski definition) is 4. The van der Waals surface area contributed by atoms with E-state index in [0.29, 0.717) is 5.69 Å². The fraction of sp³-hybridized carbons (Fsp3) is 0.133. The number of amides is 1. The third-order valence-electron chi connectivity index (χ3n) is 2.51. The molecule has 0 aliphatic carbocycles. The van der Waals surface area contributed by atoms with Crippen LogP contribution in [0.1, 0.15) is 22.3 Å². The average molecular weight is 285 g/mol. The lowest BCUT2D eigenvalue weighted by Crippen LogP contribution is -2.12. The maximum atomic E-state index is 13.8. The molecule has 0 atom stereocenters. The van der Waals surface area contributed by atoms with Crippen LogP contribution in [0.2, 0.25) is 0 Å². The van der Waals surface area contributed by atoms with Crippen molar-refractivity contribution in [1.29, 1.82) is 0 Å². The molecule has 21 heavy (non-hydrogen) atoms. The number of halogens is 1. The molecule has 1 aromatic carbocycles. The Morgan fingerprint density at radius 3 is 2.76 bits per heavy atom. The first kappa shape index (κ1) is 14.6. The number of carbonyl (C=O) groups is 1. The van der Waals surface area contributed by atoms with Gasteiger partial charge in [0.15, 0.2) is 0 Å². The monoisotopic (exact) mass is 285 g/mol. The van der Waals surface area contributed by atoms with Gasteiger partial charge in [0, 0.05) is 12.0 Å². The van der Waals surface area contributed by atoms with Crippen LogP contribution in [-0.2, 0) is 0 Å². The summed E-state index contributed by atoms with van der Waals surface area (Å²) in [6.07, 6.45) is 4.50. The second-order valence-electron chi connectivity index (χ2n) is 4.05. The summed E-state index contributed by atoms with van der Waals surface area (Å²) in [7, 11) is 0. The van der Waals surface area contributed by atoms with Gasteiger partial charge in [0.05, 0.1) is 30.3 Å². The van der Waals surface area contributed by atoms with Crippen molar-refractivity contribution in [2.24, 2.45) is 0 Å². The minimum atomic E-state index is -0.586. The van der Waals surface area contributed by atoms with Gasteiger partial charge >= 0.3 is 0 Å². The minimum Gasteiger partial charge on any atom is -0.395 e. The molecule has 0 aliphatic heterocycles. The highest BCUT2D eigenvalue weighted by Gasteiger charge is 2.09. The number of anilines is 1. The summed E-state index contributed by atoms with van der Waals surface area (Å²) in [4.78, 5) is 19.5. The van der Waals surface area contributed by atoms with Crippen LogP contribution in [-0.4, -0.2) is 27.6 Å². The molecule has 2 rings (SSSR count). The molecule has 2 aromatic rings. The number of benzene rings is 1. The van der Waals surface area contributed by atoms with E-state index in [9.17, 15) is 9.18 Å². The fourth-order valence-corrected chi connectivity index (χ4v) is 1.54. The first-order valence-corrected chi connectivity index (χ1v) is 6.16. The number of aliphatic hydroxyl groups excluding tert-OH is 1. The first-order valence-electron chi connectivity index (χ1n) is 6.16. The Bertz CT molecular complexity index is 693.